The van der Waals surface area contributed by atoms with E-state index in [1.807, 2.05) is 48.5 Å². The van der Waals surface area contributed by atoms with E-state index in [-0.39, 0.29) is 12.5 Å². The molecule has 152 valence electrons. The first-order chi connectivity index (χ1) is 13.4. The molecule has 2 aromatic rings. The predicted octanol–water partition coefficient (Wildman–Crippen LogP) is 5.20. The summed E-state index contributed by atoms with van der Waals surface area (Å²) in [6.07, 6.45) is 0.999. The number of hydrogen-bond donors (Lipinski definition) is 2. The van der Waals surface area contributed by atoms with Gasteiger partial charge in [-0.2, -0.15) is 0 Å². The average molecular weight is 385 g/mol. The minimum atomic E-state index is -0.127. The van der Waals surface area contributed by atoms with Gasteiger partial charge in [-0.15, -0.1) is 0 Å². The minimum absolute atomic E-state index is 0.127. The van der Waals surface area contributed by atoms with Crippen molar-refractivity contribution >= 4 is 17.3 Å². The SMILES string of the molecule is CC(C)CCOc1cccc(NC(=O)CNc2ccccc2OCC(C)C)c1. The third kappa shape index (κ3) is 7.91. The normalized spacial score (nSPS) is 10.8. The summed E-state index contributed by atoms with van der Waals surface area (Å²) in [6.45, 7) is 9.99. The Morgan fingerprint density at radius 1 is 0.964 bits per heavy atom. The van der Waals surface area contributed by atoms with Gasteiger partial charge in [0.15, 0.2) is 0 Å². The molecule has 2 aromatic carbocycles. The Hall–Kier alpha value is -2.69. The molecule has 1 amide bonds. The van der Waals surface area contributed by atoms with Crippen molar-refractivity contribution in [2.45, 2.75) is 34.1 Å². The van der Waals surface area contributed by atoms with Crippen molar-refractivity contribution in [2.24, 2.45) is 11.8 Å². The maximum atomic E-state index is 12.3. The zero-order chi connectivity index (χ0) is 20.4. The summed E-state index contributed by atoms with van der Waals surface area (Å²) in [6, 6.07) is 15.1. The van der Waals surface area contributed by atoms with Crippen molar-refractivity contribution in [1.82, 2.24) is 0 Å². The topological polar surface area (TPSA) is 59.6 Å². The van der Waals surface area contributed by atoms with Gasteiger partial charge in [-0.3, -0.25) is 4.79 Å². The molecular formula is C23H32N2O3. The quantitative estimate of drug-likeness (QED) is 0.559. The highest BCUT2D eigenvalue weighted by atomic mass is 16.5. The van der Waals surface area contributed by atoms with Gasteiger partial charge < -0.3 is 20.1 Å². The second kappa shape index (κ2) is 11.2. The lowest BCUT2D eigenvalue weighted by atomic mass is 10.1. The number of hydrogen-bond acceptors (Lipinski definition) is 4. The van der Waals surface area contributed by atoms with Gasteiger partial charge in [0.2, 0.25) is 5.91 Å². The molecule has 0 heterocycles. The van der Waals surface area contributed by atoms with Gasteiger partial charge in [-0.25, -0.2) is 0 Å². The van der Waals surface area contributed by atoms with Crippen molar-refractivity contribution in [3.05, 3.63) is 48.5 Å². The molecule has 28 heavy (non-hydrogen) atoms. The summed E-state index contributed by atoms with van der Waals surface area (Å²) in [5, 5.41) is 6.05. The fourth-order valence-corrected chi connectivity index (χ4v) is 2.45. The van der Waals surface area contributed by atoms with Crippen LogP contribution >= 0.6 is 0 Å². The Bertz CT molecular complexity index is 744. The number of anilines is 2. The van der Waals surface area contributed by atoms with Gasteiger partial charge in [-0.1, -0.05) is 45.9 Å². The van der Waals surface area contributed by atoms with E-state index in [1.165, 1.54) is 0 Å². The lowest BCUT2D eigenvalue weighted by Gasteiger charge is -2.14. The maximum Gasteiger partial charge on any atom is 0.243 e. The monoisotopic (exact) mass is 384 g/mol. The summed E-state index contributed by atoms with van der Waals surface area (Å²) in [4.78, 5) is 12.3. The number of amides is 1. The van der Waals surface area contributed by atoms with Crippen molar-refractivity contribution in [3.63, 3.8) is 0 Å². The second-order valence-corrected chi connectivity index (χ2v) is 7.66. The van der Waals surface area contributed by atoms with E-state index in [4.69, 9.17) is 9.47 Å². The summed E-state index contributed by atoms with van der Waals surface area (Å²) in [5.74, 6) is 2.43. The summed E-state index contributed by atoms with van der Waals surface area (Å²) in [5.41, 5.74) is 1.53. The summed E-state index contributed by atoms with van der Waals surface area (Å²) >= 11 is 0. The zero-order valence-corrected chi connectivity index (χ0v) is 17.3. The minimum Gasteiger partial charge on any atom is -0.494 e. The molecule has 0 fully saturated rings. The molecule has 0 aliphatic heterocycles. The zero-order valence-electron chi connectivity index (χ0n) is 17.3. The third-order valence-corrected chi connectivity index (χ3v) is 3.98. The van der Waals surface area contributed by atoms with Crippen LogP contribution in [0.5, 0.6) is 11.5 Å². The van der Waals surface area contributed by atoms with Crippen molar-refractivity contribution in [1.29, 1.82) is 0 Å². The molecule has 5 heteroatoms. The highest BCUT2D eigenvalue weighted by Gasteiger charge is 2.08. The van der Waals surface area contributed by atoms with Crippen molar-refractivity contribution in [3.8, 4) is 11.5 Å². The molecule has 0 aliphatic rings. The van der Waals surface area contributed by atoms with Gasteiger partial charge in [0, 0.05) is 11.8 Å². The summed E-state index contributed by atoms with van der Waals surface area (Å²) in [7, 11) is 0. The van der Waals surface area contributed by atoms with Crippen LogP contribution in [-0.4, -0.2) is 25.7 Å². The predicted molar refractivity (Wildman–Crippen MR) is 115 cm³/mol. The van der Waals surface area contributed by atoms with Crippen LogP contribution in [0.2, 0.25) is 0 Å². The number of para-hydroxylation sites is 2. The molecule has 0 spiro atoms. The van der Waals surface area contributed by atoms with Crippen LogP contribution in [0.4, 0.5) is 11.4 Å². The average Bonchev–Trinajstić information content (AvgIpc) is 2.65. The van der Waals surface area contributed by atoms with Gasteiger partial charge in [0.05, 0.1) is 25.4 Å². The number of benzene rings is 2. The number of nitrogens with one attached hydrogen (secondary N) is 2. The Balaban J connectivity index is 1.86. The Morgan fingerprint density at radius 3 is 2.50 bits per heavy atom. The fourth-order valence-electron chi connectivity index (χ4n) is 2.45. The Morgan fingerprint density at radius 2 is 1.75 bits per heavy atom. The molecule has 0 aromatic heterocycles. The number of ether oxygens (including phenoxy) is 2. The second-order valence-electron chi connectivity index (χ2n) is 7.66. The van der Waals surface area contributed by atoms with E-state index in [0.29, 0.717) is 25.0 Å². The van der Waals surface area contributed by atoms with Crippen LogP contribution in [0.3, 0.4) is 0 Å². The van der Waals surface area contributed by atoms with Crippen LogP contribution in [0.25, 0.3) is 0 Å². The molecule has 0 unspecified atom stereocenters. The molecule has 0 aliphatic carbocycles. The van der Waals surface area contributed by atoms with Gasteiger partial charge >= 0.3 is 0 Å². The van der Waals surface area contributed by atoms with E-state index in [1.54, 1.807) is 0 Å². The van der Waals surface area contributed by atoms with Crippen LogP contribution in [0, 0.1) is 11.8 Å². The Kier molecular flexibility index (Phi) is 8.66. The van der Waals surface area contributed by atoms with E-state index >= 15 is 0 Å². The number of rotatable bonds is 11. The maximum absolute atomic E-state index is 12.3. The highest BCUT2D eigenvalue weighted by Crippen LogP contribution is 2.24. The first kappa shape index (κ1) is 21.6. The standard InChI is InChI=1S/C23H32N2O3/c1-17(2)12-13-27-20-9-7-8-19(14-20)25-23(26)15-24-21-10-5-6-11-22(21)28-16-18(3)4/h5-11,14,17-18,24H,12-13,15-16H2,1-4H3,(H,25,26). The molecule has 2 rings (SSSR count). The first-order valence-electron chi connectivity index (χ1n) is 9.92. The number of carbonyl (C=O) groups is 1. The largest absolute Gasteiger partial charge is 0.494 e. The summed E-state index contributed by atoms with van der Waals surface area (Å²) < 4.78 is 11.6. The van der Waals surface area contributed by atoms with Crippen LogP contribution in [-0.2, 0) is 4.79 Å². The Labute approximate surface area is 168 Å². The van der Waals surface area contributed by atoms with Crippen molar-refractivity contribution in [2.75, 3.05) is 30.4 Å². The molecule has 2 N–H and O–H groups in total. The molecule has 0 radical (unpaired) electrons. The van der Waals surface area contributed by atoms with Gasteiger partial charge in [0.25, 0.3) is 0 Å². The van der Waals surface area contributed by atoms with E-state index in [2.05, 4.69) is 38.3 Å². The van der Waals surface area contributed by atoms with Gasteiger partial charge in [-0.05, 0) is 42.5 Å². The molecule has 0 atom stereocenters. The first-order valence-corrected chi connectivity index (χ1v) is 9.92. The lowest BCUT2D eigenvalue weighted by Crippen LogP contribution is -2.22. The van der Waals surface area contributed by atoms with Crippen LogP contribution in [0.1, 0.15) is 34.1 Å². The molecule has 0 saturated heterocycles. The van der Waals surface area contributed by atoms with E-state index in [0.717, 1.165) is 29.3 Å². The highest BCUT2D eigenvalue weighted by molar-refractivity contribution is 5.94. The molecule has 0 bridgehead atoms. The van der Waals surface area contributed by atoms with E-state index < -0.39 is 0 Å². The molecular weight excluding hydrogens is 352 g/mol. The number of carbonyl (C=O) groups excluding carboxylic acids is 1. The fraction of sp³-hybridized carbons (Fsp3) is 0.435. The van der Waals surface area contributed by atoms with Crippen LogP contribution < -0.4 is 20.1 Å². The smallest absolute Gasteiger partial charge is 0.243 e. The van der Waals surface area contributed by atoms with Crippen LogP contribution in [0.15, 0.2) is 48.5 Å². The van der Waals surface area contributed by atoms with Gasteiger partial charge in [0.1, 0.15) is 11.5 Å². The van der Waals surface area contributed by atoms with Crippen molar-refractivity contribution < 1.29 is 14.3 Å². The molecule has 5 nitrogen and oxygen atoms in total. The molecule has 0 saturated carbocycles. The lowest BCUT2D eigenvalue weighted by molar-refractivity contribution is -0.114. The van der Waals surface area contributed by atoms with E-state index in [9.17, 15) is 4.79 Å². The third-order valence-electron chi connectivity index (χ3n) is 3.98.